The van der Waals surface area contributed by atoms with Gasteiger partial charge in [-0.2, -0.15) is 0 Å². The lowest BCUT2D eigenvalue weighted by Crippen LogP contribution is -2.53. The Morgan fingerprint density at radius 2 is 1.92 bits per heavy atom. The number of carbonyl (C=O) groups excluding carboxylic acids is 2. The lowest BCUT2D eigenvalue weighted by atomic mass is 9.84. The molecule has 6 nitrogen and oxygen atoms in total. The number of amides is 1. The fraction of sp³-hybridized carbons (Fsp3) is 0.611. The third-order valence-corrected chi connectivity index (χ3v) is 5.92. The maximum atomic E-state index is 13.0. The van der Waals surface area contributed by atoms with E-state index in [-0.39, 0.29) is 24.2 Å². The van der Waals surface area contributed by atoms with Crippen LogP contribution in [0.1, 0.15) is 32.1 Å². The number of hydrogen-bond acceptors (Lipinski definition) is 5. The van der Waals surface area contributed by atoms with Crippen LogP contribution in [-0.4, -0.2) is 53.5 Å². The van der Waals surface area contributed by atoms with Gasteiger partial charge in [-0.3, -0.25) is 9.59 Å². The van der Waals surface area contributed by atoms with E-state index < -0.39 is 5.60 Å². The molecule has 1 aromatic rings. The van der Waals surface area contributed by atoms with Gasteiger partial charge in [0.1, 0.15) is 11.4 Å². The third-order valence-electron chi connectivity index (χ3n) is 5.70. The summed E-state index contributed by atoms with van der Waals surface area (Å²) in [5.74, 6) is 0.437. The minimum atomic E-state index is -0.525. The van der Waals surface area contributed by atoms with Crippen molar-refractivity contribution in [3.63, 3.8) is 0 Å². The summed E-state index contributed by atoms with van der Waals surface area (Å²) in [6, 6.07) is 3.73. The van der Waals surface area contributed by atoms with Crippen LogP contribution in [-0.2, 0) is 14.3 Å². The Kier molecular flexibility index (Phi) is 4.31. The number of ether oxygens (including phenoxy) is 1. The number of pyridine rings is 1. The van der Waals surface area contributed by atoms with E-state index in [0.29, 0.717) is 18.1 Å². The van der Waals surface area contributed by atoms with Crippen molar-refractivity contribution in [3.8, 4) is 0 Å². The van der Waals surface area contributed by atoms with Crippen molar-refractivity contribution in [3.05, 3.63) is 23.4 Å². The molecule has 1 amide bonds. The first-order valence-corrected chi connectivity index (χ1v) is 9.32. The highest BCUT2D eigenvalue weighted by Gasteiger charge is 2.54. The minimum absolute atomic E-state index is 0.0801. The van der Waals surface area contributed by atoms with Gasteiger partial charge in [0.25, 0.3) is 0 Å². The Hall–Kier alpha value is -1.82. The number of rotatable bonds is 2. The monoisotopic (exact) mass is 363 g/mol. The molecular weight excluding hydrogens is 342 g/mol. The predicted octanol–water partition coefficient (Wildman–Crippen LogP) is 2.26. The summed E-state index contributed by atoms with van der Waals surface area (Å²) < 4.78 is 5.62. The SMILES string of the molecule is O=C1CC(C(=O)N2CCN(c3ccc(Cl)cn3)CC2)C2(CCCC2)O1. The molecule has 0 N–H and O–H groups in total. The second-order valence-electron chi connectivity index (χ2n) is 7.15. The van der Waals surface area contributed by atoms with Crippen molar-refractivity contribution in [2.24, 2.45) is 5.92 Å². The second kappa shape index (κ2) is 6.48. The van der Waals surface area contributed by atoms with Crippen molar-refractivity contribution in [2.45, 2.75) is 37.7 Å². The first-order valence-electron chi connectivity index (χ1n) is 8.95. The predicted molar refractivity (Wildman–Crippen MR) is 93.4 cm³/mol. The molecule has 4 rings (SSSR count). The van der Waals surface area contributed by atoms with Crippen molar-refractivity contribution < 1.29 is 14.3 Å². The average molecular weight is 364 g/mol. The maximum absolute atomic E-state index is 13.0. The van der Waals surface area contributed by atoms with Gasteiger partial charge in [0.15, 0.2) is 0 Å². The van der Waals surface area contributed by atoms with E-state index in [4.69, 9.17) is 16.3 Å². The lowest BCUT2D eigenvalue weighted by Gasteiger charge is -2.38. The summed E-state index contributed by atoms with van der Waals surface area (Å²) in [6.45, 7) is 2.75. The van der Waals surface area contributed by atoms with E-state index in [1.54, 1.807) is 6.20 Å². The fourth-order valence-corrected chi connectivity index (χ4v) is 4.47. The molecule has 1 spiro atoms. The molecule has 0 bridgehead atoms. The summed E-state index contributed by atoms with van der Waals surface area (Å²) in [6.07, 6.45) is 5.59. The topological polar surface area (TPSA) is 62.7 Å². The molecule has 25 heavy (non-hydrogen) atoms. The summed E-state index contributed by atoms with van der Waals surface area (Å²) in [7, 11) is 0. The van der Waals surface area contributed by atoms with Crippen LogP contribution in [0.4, 0.5) is 5.82 Å². The van der Waals surface area contributed by atoms with Crippen LogP contribution in [0.25, 0.3) is 0 Å². The molecule has 3 aliphatic rings. The van der Waals surface area contributed by atoms with Gasteiger partial charge in [-0.05, 0) is 37.8 Å². The molecule has 2 aliphatic heterocycles. The van der Waals surface area contributed by atoms with E-state index in [0.717, 1.165) is 44.6 Å². The van der Waals surface area contributed by atoms with Crippen LogP contribution in [0.2, 0.25) is 5.02 Å². The molecule has 7 heteroatoms. The van der Waals surface area contributed by atoms with E-state index in [2.05, 4.69) is 9.88 Å². The highest BCUT2D eigenvalue weighted by Crippen LogP contribution is 2.46. The highest BCUT2D eigenvalue weighted by molar-refractivity contribution is 6.30. The Labute approximate surface area is 152 Å². The Morgan fingerprint density at radius 3 is 2.56 bits per heavy atom. The first kappa shape index (κ1) is 16.6. The molecule has 0 aromatic carbocycles. The Balaban J connectivity index is 1.41. The van der Waals surface area contributed by atoms with Crippen molar-refractivity contribution in [1.29, 1.82) is 0 Å². The van der Waals surface area contributed by atoms with Gasteiger partial charge in [0.05, 0.1) is 17.4 Å². The normalized spacial score (nSPS) is 25.5. The third kappa shape index (κ3) is 3.08. The second-order valence-corrected chi connectivity index (χ2v) is 7.59. The molecule has 3 fully saturated rings. The standard InChI is InChI=1S/C18H22ClN3O3/c19-13-3-4-15(20-12-13)21-7-9-22(10-8-21)17(24)14-11-16(23)25-18(14)5-1-2-6-18/h3-4,12,14H,1-2,5-11H2. The molecule has 1 atom stereocenters. The molecule has 1 aliphatic carbocycles. The Bertz CT molecular complexity index is 665. The van der Waals surface area contributed by atoms with Crippen LogP contribution in [0.5, 0.6) is 0 Å². The summed E-state index contributed by atoms with van der Waals surface area (Å²) >= 11 is 5.89. The number of halogens is 1. The van der Waals surface area contributed by atoms with Gasteiger partial charge in [0, 0.05) is 32.4 Å². The fourth-order valence-electron chi connectivity index (χ4n) is 4.36. The van der Waals surface area contributed by atoms with Crippen LogP contribution in [0.3, 0.4) is 0 Å². The summed E-state index contributed by atoms with van der Waals surface area (Å²) in [5, 5.41) is 0.616. The molecule has 1 aromatic heterocycles. The average Bonchev–Trinajstić information content (AvgIpc) is 3.22. The minimum Gasteiger partial charge on any atom is -0.458 e. The number of piperazine rings is 1. The van der Waals surface area contributed by atoms with Gasteiger partial charge in [-0.15, -0.1) is 0 Å². The summed E-state index contributed by atoms with van der Waals surface area (Å²) in [4.78, 5) is 33.3. The number of aromatic nitrogens is 1. The molecular formula is C18H22ClN3O3. The summed E-state index contributed by atoms with van der Waals surface area (Å²) in [5.41, 5.74) is -0.525. The van der Waals surface area contributed by atoms with Crippen molar-refractivity contribution >= 4 is 29.3 Å². The van der Waals surface area contributed by atoms with Gasteiger partial charge in [-0.1, -0.05) is 11.6 Å². The number of hydrogen-bond donors (Lipinski definition) is 0. The zero-order valence-electron chi connectivity index (χ0n) is 14.1. The molecule has 2 saturated heterocycles. The largest absolute Gasteiger partial charge is 0.458 e. The molecule has 1 unspecified atom stereocenters. The van der Waals surface area contributed by atoms with Gasteiger partial charge in [-0.25, -0.2) is 4.98 Å². The maximum Gasteiger partial charge on any atom is 0.307 e. The number of esters is 1. The van der Waals surface area contributed by atoms with Crippen molar-refractivity contribution in [1.82, 2.24) is 9.88 Å². The van der Waals surface area contributed by atoms with E-state index >= 15 is 0 Å². The van der Waals surface area contributed by atoms with E-state index in [9.17, 15) is 9.59 Å². The van der Waals surface area contributed by atoms with E-state index in [1.165, 1.54) is 0 Å². The zero-order valence-corrected chi connectivity index (χ0v) is 14.9. The first-order chi connectivity index (χ1) is 12.1. The zero-order chi connectivity index (χ0) is 17.4. The van der Waals surface area contributed by atoms with Crippen LogP contribution < -0.4 is 4.90 Å². The molecule has 1 saturated carbocycles. The highest BCUT2D eigenvalue weighted by atomic mass is 35.5. The van der Waals surface area contributed by atoms with Gasteiger partial charge in [0.2, 0.25) is 5.91 Å². The van der Waals surface area contributed by atoms with Crippen LogP contribution in [0.15, 0.2) is 18.3 Å². The van der Waals surface area contributed by atoms with E-state index in [1.807, 2.05) is 17.0 Å². The van der Waals surface area contributed by atoms with Crippen molar-refractivity contribution in [2.75, 3.05) is 31.1 Å². The molecule has 3 heterocycles. The number of carbonyl (C=O) groups is 2. The molecule has 0 radical (unpaired) electrons. The number of anilines is 1. The Morgan fingerprint density at radius 1 is 1.20 bits per heavy atom. The van der Waals surface area contributed by atoms with Crippen LogP contribution >= 0.6 is 11.6 Å². The number of nitrogens with zero attached hydrogens (tertiary/aromatic N) is 3. The van der Waals surface area contributed by atoms with Gasteiger partial charge >= 0.3 is 5.97 Å². The van der Waals surface area contributed by atoms with Crippen LogP contribution in [0, 0.1) is 5.92 Å². The molecule has 134 valence electrons. The quantitative estimate of drug-likeness (QED) is 0.754. The van der Waals surface area contributed by atoms with Gasteiger partial charge < -0.3 is 14.5 Å². The smallest absolute Gasteiger partial charge is 0.307 e. The lowest BCUT2D eigenvalue weighted by molar-refractivity contribution is -0.151.